The predicted molar refractivity (Wildman–Crippen MR) is 120 cm³/mol. The van der Waals surface area contributed by atoms with Gasteiger partial charge in [0.2, 0.25) is 0 Å². The van der Waals surface area contributed by atoms with Crippen LogP contribution in [0.1, 0.15) is 11.1 Å². The number of hydrogen-bond donors (Lipinski definition) is 0. The van der Waals surface area contributed by atoms with Crippen molar-refractivity contribution < 1.29 is 14.1 Å². The van der Waals surface area contributed by atoms with Crippen molar-refractivity contribution in [3.8, 4) is 0 Å². The molecule has 0 saturated carbocycles. The van der Waals surface area contributed by atoms with Crippen molar-refractivity contribution in [2.24, 2.45) is 4.99 Å². The van der Waals surface area contributed by atoms with Crippen molar-refractivity contribution in [1.82, 2.24) is 0 Å². The molecule has 0 fully saturated rings. The van der Waals surface area contributed by atoms with E-state index >= 15 is 0 Å². The molecule has 8 heteroatoms. The number of rotatable bonds is 5. The van der Waals surface area contributed by atoms with Crippen LogP contribution in [0, 0.1) is 15.9 Å². The molecule has 154 valence electrons. The Morgan fingerprint density at radius 2 is 1.68 bits per heavy atom. The topological polar surface area (TPSA) is 75.8 Å². The lowest BCUT2D eigenvalue weighted by Gasteiger charge is -2.17. The first-order chi connectivity index (χ1) is 15.0. The van der Waals surface area contributed by atoms with E-state index in [-0.39, 0.29) is 17.3 Å². The van der Waals surface area contributed by atoms with Crippen molar-refractivity contribution in [2.45, 2.75) is 5.75 Å². The molecule has 3 aromatic carbocycles. The van der Waals surface area contributed by atoms with Crippen LogP contribution in [0.15, 0.2) is 89.6 Å². The molecular weight excluding hydrogens is 417 g/mol. The quantitative estimate of drug-likeness (QED) is 0.306. The van der Waals surface area contributed by atoms with Gasteiger partial charge in [0.05, 0.1) is 10.6 Å². The van der Waals surface area contributed by atoms with Crippen LogP contribution in [0.2, 0.25) is 0 Å². The van der Waals surface area contributed by atoms with E-state index in [2.05, 4.69) is 4.99 Å². The maximum atomic E-state index is 13.4. The summed E-state index contributed by atoms with van der Waals surface area (Å²) in [5, 5.41) is 11.3. The summed E-state index contributed by atoms with van der Waals surface area (Å²) >= 11 is 1.33. The number of anilines is 1. The second-order valence-corrected chi connectivity index (χ2v) is 7.61. The van der Waals surface area contributed by atoms with E-state index in [1.54, 1.807) is 18.2 Å². The highest BCUT2D eigenvalue weighted by molar-refractivity contribution is 8.13. The number of nitrogens with zero attached hydrogens (tertiary/aromatic N) is 3. The Hall–Kier alpha value is -3.78. The molecule has 0 saturated heterocycles. The first-order valence-electron chi connectivity index (χ1n) is 9.33. The van der Waals surface area contributed by atoms with Gasteiger partial charge in [0.1, 0.15) is 11.5 Å². The number of hydrogen-bond acceptors (Lipinski definition) is 5. The lowest BCUT2D eigenvalue weighted by atomic mass is 10.2. The van der Waals surface area contributed by atoms with Crippen molar-refractivity contribution in [2.75, 3.05) is 4.90 Å². The molecule has 1 aliphatic heterocycles. The molecular formula is C23H16FN3O3S. The molecule has 0 unspecified atom stereocenters. The monoisotopic (exact) mass is 433 g/mol. The summed E-state index contributed by atoms with van der Waals surface area (Å²) in [6.45, 7) is 0. The van der Waals surface area contributed by atoms with Gasteiger partial charge >= 0.3 is 0 Å². The highest BCUT2D eigenvalue weighted by Crippen LogP contribution is 2.31. The fraction of sp³-hybridized carbons (Fsp3) is 0.0435. The van der Waals surface area contributed by atoms with Gasteiger partial charge in [0.25, 0.3) is 11.6 Å². The number of nitro groups is 1. The second-order valence-electron chi connectivity index (χ2n) is 6.66. The molecule has 0 spiro atoms. The molecule has 31 heavy (non-hydrogen) atoms. The first-order valence-corrected chi connectivity index (χ1v) is 10.3. The second kappa shape index (κ2) is 8.93. The predicted octanol–water partition coefficient (Wildman–Crippen LogP) is 5.41. The van der Waals surface area contributed by atoms with Crippen molar-refractivity contribution in [1.29, 1.82) is 0 Å². The molecule has 0 aliphatic carbocycles. The molecule has 0 radical (unpaired) electrons. The van der Waals surface area contributed by atoms with Crippen LogP contribution in [0.4, 0.5) is 15.8 Å². The SMILES string of the molecule is O=C1C(=Cc2ccccc2)N=C(SCc2ccc([N+](=O)[O-])cc2)N1c1ccc(F)cc1. The normalized spacial score (nSPS) is 14.7. The van der Waals surface area contributed by atoms with Crippen LogP contribution in [0.25, 0.3) is 6.08 Å². The number of carbonyl (C=O) groups excluding carboxylic acids is 1. The fourth-order valence-corrected chi connectivity index (χ4v) is 3.95. The van der Waals surface area contributed by atoms with Gasteiger partial charge in [-0.1, -0.05) is 54.2 Å². The Kier molecular flexibility index (Phi) is 5.90. The summed E-state index contributed by atoms with van der Waals surface area (Å²) in [6.07, 6.45) is 1.71. The summed E-state index contributed by atoms with van der Waals surface area (Å²) < 4.78 is 13.4. The van der Waals surface area contributed by atoms with Crippen molar-refractivity contribution in [3.63, 3.8) is 0 Å². The molecule has 1 amide bonds. The number of amides is 1. The van der Waals surface area contributed by atoms with E-state index in [0.717, 1.165) is 11.1 Å². The lowest BCUT2D eigenvalue weighted by Crippen LogP contribution is -2.30. The van der Waals surface area contributed by atoms with Crippen LogP contribution in [-0.2, 0) is 10.5 Å². The average molecular weight is 433 g/mol. The number of non-ortho nitro benzene ring substituents is 1. The zero-order chi connectivity index (χ0) is 21.8. The van der Waals surface area contributed by atoms with E-state index < -0.39 is 10.7 Å². The number of aliphatic imine (C=N–C) groups is 1. The van der Waals surface area contributed by atoms with Gasteiger partial charge in [-0.05, 0) is 41.5 Å². The zero-order valence-electron chi connectivity index (χ0n) is 16.1. The molecule has 4 rings (SSSR count). The molecule has 0 N–H and O–H groups in total. The standard InChI is InChI=1S/C23H16FN3O3S/c24-18-8-12-19(13-9-18)26-22(28)21(14-16-4-2-1-3-5-16)25-23(26)31-15-17-6-10-20(11-7-17)27(29)30/h1-14H,15H2. The van der Waals surface area contributed by atoms with Crippen LogP contribution >= 0.6 is 11.8 Å². The smallest absolute Gasteiger partial charge is 0.266 e. The maximum absolute atomic E-state index is 13.4. The Bertz CT molecular complexity index is 1180. The van der Waals surface area contributed by atoms with Crippen molar-refractivity contribution >= 4 is 40.3 Å². The highest BCUT2D eigenvalue weighted by atomic mass is 32.2. The van der Waals surface area contributed by atoms with E-state index in [0.29, 0.717) is 16.6 Å². The van der Waals surface area contributed by atoms with Crippen molar-refractivity contribution in [3.05, 3.63) is 112 Å². The maximum Gasteiger partial charge on any atom is 0.283 e. The third-order valence-corrected chi connectivity index (χ3v) is 5.54. The van der Waals surface area contributed by atoms with Gasteiger partial charge in [-0.25, -0.2) is 9.38 Å². The highest BCUT2D eigenvalue weighted by Gasteiger charge is 2.32. The molecule has 6 nitrogen and oxygen atoms in total. The number of benzene rings is 3. The molecule has 1 heterocycles. The third kappa shape index (κ3) is 4.70. The van der Waals surface area contributed by atoms with E-state index in [1.807, 2.05) is 30.3 Å². The van der Waals surface area contributed by atoms with Gasteiger partial charge in [-0.15, -0.1) is 0 Å². The molecule has 1 aliphatic rings. The lowest BCUT2D eigenvalue weighted by molar-refractivity contribution is -0.384. The van der Waals surface area contributed by atoms with E-state index in [4.69, 9.17) is 0 Å². The molecule has 0 aromatic heterocycles. The van der Waals surface area contributed by atoms with Crippen LogP contribution in [0.3, 0.4) is 0 Å². The Morgan fingerprint density at radius 1 is 1.00 bits per heavy atom. The largest absolute Gasteiger partial charge is 0.283 e. The number of halogens is 1. The summed E-state index contributed by atoms with van der Waals surface area (Å²) in [6, 6.07) is 21.2. The van der Waals surface area contributed by atoms with Crippen LogP contribution in [0.5, 0.6) is 0 Å². The number of amidine groups is 1. The van der Waals surface area contributed by atoms with Gasteiger partial charge in [-0.3, -0.25) is 19.8 Å². The summed E-state index contributed by atoms with van der Waals surface area (Å²) in [4.78, 5) is 29.4. The number of nitro benzene ring substituents is 1. The van der Waals surface area contributed by atoms with Gasteiger partial charge in [0, 0.05) is 17.9 Å². The summed E-state index contributed by atoms with van der Waals surface area (Å²) in [5.41, 5.74) is 2.50. The van der Waals surface area contributed by atoms with Crippen LogP contribution < -0.4 is 4.90 Å². The van der Waals surface area contributed by atoms with E-state index in [9.17, 15) is 19.3 Å². The first kappa shape index (κ1) is 20.5. The zero-order valence-corrected chi connectivity index (χ0v) is 17.0. The van der Waals surface area contributed by atoms with E-state index in [1.165, 1.54) is 53.1 Å². The minimum atomic E-state index is -0.451. The van der Waals surface area contributed by atoms with Crippen LogP contribution in [-0.4, -0.2) is 16.0 Å². The molecule has 3 aromatic rings. The molecule has 0 bridgehead atoms. The van der Waals surface area contributed by atoms with Gasteiger partial charge in [0.15, 0.2) is 5.17 Å². The Labute approximate surface area is 181 Å². The summed E-state index contributed by atoms with van der Waals surface area (Å²) in [5.74, 6) is -0.241. The fourth-order valence-electron chi connectivity index (χ4n) is 2.98. The summed E-state index contributed by atoms with van der Waals surface area (Å²) in [7, 11) is 0. The third-order valence-electron chi connectivity index (χ3n) is 4.53. The minimum Gasteiger partial charge on any atom is -0.266 e. The number of carbonyl (C=O) groups is 1. The van der Waals surface area contributed by atoms with Gasteiger partial charge in [-0.2, -0.15) is 0 Å². The Morgan fingerprint density at radius 3 is 2.32 bits per heavy atom. The Balaban J connectivity index is 1.62. The number of thioether (sulfide) groups is 1. The minimum absolute atomic E-state index is 0.0168. The molecule has 0 atom stereocenters. The average Bonchev–Trinajstić information content (AvgIpc) is 3.09. The van der Waals surface area contributed by atoms with Gasteiger partial charge < -0.3 is 0 Å².